The van der Waals surface area contributed by atoms with E-state index in [0.29, 0.717) is 0 Å². The first-order chi connectivity index (χ1) is 12.0. The molecule has 0 aliphatic carbocycles. The topological polar surface area (TPSA) is 15.3 Å². The standard InChI is InChI=1S/C20H23F3N2.2ClH/c21-20(22,23)11-10-19(25-14-12-24-13-15-25)18-8-6-17(7-9-18)16-4-2-1-3-5-16;;/h1-9,19,24H,10-15H2;2*1H/t19-;;/m1../s1. The van der Waals surface area contributed by atoms with Gasteiger partial charge in [-0.2, -0.15) is 13.2 Å². The lowest BCUT2D eigenvalue weighted by Gasteiger charge is -2.35. The molecule has 1 saturated heterocycles. The van der Waals surface area contributed by atoms with E-state index in [-0.39, 0.29) is 37.3 Å². The molecule has 0 amide bonds. The Morgan fingerprint density at radius 3 is 1.96 bits per heavy atom. The van der Waals surface area contributed by atoms with E-state index in [1.165, 1.54) is 0 Å². The zero-order chi connectivity index (χ0) is 17.7. The Balaban J connectivity index is 0.00000182. The molecule has 0 unspecified atom stereocenters. The van der Waals surface area contributed by atoms with Crippen LogP contribution in [0, 0.1) is 0 Å². The third-order valence-electron chi connectivity index (χ3n) is 4.70. The van der Waals surface area contributed by atoms with Crippen LogP contribution in [0.4, 0.5) is 13.2 Å². The minimum Gasteiger partial charge on any atom is -0.314 e. The molecular weight excluding hydrogens is 396 g/mol. The number of benzene rings is 2. The van der Waals surface area contributed by atoms with Crippen molar-refractivity contribution in [1.29, 1.82) is 0 Å². The van der Waals surface area contributed by atoms with Crippen molar-refractivity contribution in [1.82, 2.24) is 10.2 Å². The normalized spacial score (nSPS) is 16.1. The van der Waals surface area contributed by atoms with Crippen LogP contribution in [0.25, 0.3) is 11.1 Å². The van der Waals surface area contributed by atoms with Crippen molar-refractivity contribution >= 4 is 24.8 Å². The zero-order valence-electron chi connectivity index (χ0n) is 14.9. The molecule has 0 radical (unpaired) electrons. The Morgan fingerprint density at radius 1 is 0.852 bits per heavy atom. The molecule has 1 aliphatic heterocycles. The van der Waals surface area contributed by atoms with Gasteiger partial charge in [0, 0.05) is 38.6 Å². The predicted octanol–water partition coefficient (Wildman–Crippen LogP) is 5.49. The van der Waals surface area contributed by atoms with Crippen molar-refractivity contribution in [3.8, 4) is 11.1 Å². The Labute approximate surface area is 171 Å². The van der Waals surface area contributed by atoms with Crippen LogP contribution in [-0.4, -0.2) is 37.3 Å². The van der Waals surface area contributed by atoms with Crippen molar-refractivity contribution in [3.63, 3.8) is 0 Å². The van der Waals surface area contributed by atoms with E-state index in [1.54, 1.807) is 0 Å². The highest BCUT2D eigenvalue weighted by Crippen LogP contribution is 2.32. The Hall–Kier alpha value is -1.27. The summed E-state index contributed by atoms with van der Waals surface area (Å²) in [5.74, 6) is 0. The molecule has 1 fully saturated rings. The first kappa shape index (κ1) is 23.8. The summed E-state index contributed by atoms with van der Waals surface area (Å²) in [5.41, 5.74) is 3.16. The maximum Gasteiger partial charge on any atom is 0.389 e. The summed E-state index contributed by atoms with van der Waals surface area (Å²) in [6.45, 7) is 3.21. The Kier molecular flexibility index (Phi) is 9.60. The summed E-state index contributed by atoms with van der Waals surface area (Å²) < 4.78 is 38.3. The first-order valence-electron chi connectivity index (χ1n) is 8.70. The van der Waals surface area contributed by atoms with Gasteiger partial charge in [0.2, 0.25) is 0 Å². The van der Waals surface area contributed by atoms with E-state index < -0.39 is 12.6 Å². The van der Waals surface area contributed by atoms with Crippen LogP contribution in [0.1, 0.15) is 24.4 Å². The van der Waals surface area contributed by atoms with Crippen molar-refractivity contribution < 1.29 is 13.2 Å². The molecule has 1 atom stereocenters. The first-order valence-corrected chi connectivity index (χ1v) is 8.70. The van der Waals surface area contributed by atoms with Gasteiger partial charge in [-0.1, -0.05) is 54.6 Å². The molecule has 0 bridgehead atoms. The third kappa shape index (κ3) is 7.00. The molecule has 1 heterocycles. The van der Waals surface area contributed by atoms with Crippen LogP contribution < -0.4 is 5.32 Å². The van der Waals surface area contributed by atoms with Gasteiger partial charge in [-0.3, -0.25) is 4.90 Å². The van der Waals surface area contributed by atoms with Gasteiger partial charge in [-0.05, 0) is 23.1 Å². The molecular formula is C20H25Cl2F3N2. The summed E-state index contributed by atoms with van der Waals surface area (Å²) in [5, 5.41) is 3.26. The zero-order valence-corrected chi connectivity index (χ0v) is 16.5. The lowest BCUT2D eigenvalue weighted by molar-refractivity contribution is -0.138. The lowest BCUT2D eigenvalue weighted by atomic mass is 9.96. The fourth-order valence-corrected chi connectivity index (χ4v) is 3.38. The molecule has 1 N–H and O–H groups in total. The Bertz CT molecular complexity index is 657. The van der Waals surface area contributed by atoms with Crippen LogP contribution in [-0.2, 0) is 0 Å². The van der Waals surface area contributed by atoms with Crippen LogP contribution >= 0.6 is 24.8 Å². The van der Waals surface area contributed by atoms with Gasteiger partial charge < -0.3 is 5.32 Å². The summed E-state index contributed by atoms with van der Waals surface area (Å²) in [6.07, 6.45) is -4.76. The highest BCUT2D eigenvalue weighted by molar-refractivity contribution is 5.85. The van der Waals surface area contributed by atoms with E-state index in [2.05, 4.69) is 10.2 Å². The minimum atomic E-state index is -4.11. The van der Waals surface area contributed by atoms with Gasteiger partial charge in [-0.15, -0.1) is 24.8 Å². The van der Waals surface area contributed by atoms with Crippen molar-refractivity contribution in [2.24, 2.45) is 0 Å². The summed E-state index contributed by atoms with van der Waals surface area (Å²) in [4.78, 5) is 2.17. The van der Waals surface area contributed by atoms with Crippen LogP contribution in [0.2, 0.25) is 0 Å². The average molecular weight is 421 g/mol. The van der Waals surface area contributed by atoms with Gasteiger partial charge in [0.1, 0.15) is 0 Å². The number of piperazine rings is 1. The van der Waals surface area contributed by atoms with Crippen molar-refractivity contribution in [2.45, 2.75) is 25.1 Å². The molecule has 0 aromatic heterocycles. The number of hydrogen-bond donors (Lipinski definition) is 1. The minimum absolute atomic E-state index is 0. The van der Waals surface area contributed by atoms with E-state index in [4.69, 9.17) is 0 Å². The van der Waals surface area contributed by atoms with Crippen LogP contribution in [0.3, 0.4) is 0 Å². The largest absolute Gasteiger partial charge is 0.389 e. The van der Waals surface area contributed by atoms with Gasteiger partial charge in [0.15, 0.2) is 0 Å². The van der Waals surface area contributed by atoms with E-state index >= 15 is 0 Å². The second-order valence-corrected chi connectivity index (χ2v) is 6.44. The number of rotatable bonds is 5. The van der Waals surface area contributed by atoms with Crippen molar-refractivity contribution in [2.75, 3.05) is 26.2 Å². The molecule has 27 heavy (non-hydrogen) atoms. The van der Waals surface area contributed by atoms with Gasteiger partial charge in [0.25, 0.3) is 0 Å². The van der Waals surface area contributed by atoms with E-state index in [1.807, 2.05) is 54.6 Å². The number of hydrogen-bond acceptors (Lipinski definition) is 2. The molecule has 2 aromatic rings. The monoisotopic (exact) mass is 420 g/mol. The molecule has 7 heteroatoms. The maximum absolute atomic E-state index is 12.8. The quantitative estimate of drug-likeness (QED) is 0.687. The summed E-state index contributed by atoms with van der Waals surface area (Å²) in [6, 6.07) is 17.8. The summed E-state index contributed by atoms with van der Waals surface area (Å²) >= 11 is 0. The van der Waals surface area contributed by atoms with Crippen molar-refractivity contribution in [3.05, 3.63) is 60.2 Å². The molecule has 150 valence electrons. The number of halogens is 5. The highest BCUT2D eigenvalue weighted by Gasteiger charge is 2.31. The SMILES string of the molecule is Cl.Cl.FC(F)(F)CC[C@H](c1ccc(-c2ccccc2)cc1)N1CCNCC1. The maximum atomic E-state index is 12.8. The van der Waals surface area contributed by atoms with Gasteiger partial charge >= 0.3 is 6.18 Å². The molecule has 0 spiro atoms. The summed E-state index contributed by atoms with van der Waals surface area (Å²) in [7, 11) is 0. The van der Waals surface area contributed by atoms with Gasteiger partial charge in [-0.25, -0.2) is 0 Å². The van der Waals surface area contributed by atoms with E-state index in [9.17, 15) is 13.2 Å². The van der Waals surface area contributed by atoms with Crippen LogP contribution in [0.15, 0.2) is 54.6 Å². The predicted molar refractivity (Wildman–Crippen MR) is 109 cm³/mol. The average Bonchev–Trinajstić information content (AvgIpc) is 2.63. The molecule has 0 saturated carbocycles. The fourth-order valence-electron chi connectivity index (χ4n) is 3.38. The molecule has 3 rings (SSSR count). The van der Waals surface area contributed by atoms with E-state index in [0.717, 1.165) is 42.9 Å². The molecule has 1 aliphatic rings. The Morgan fingerprint density at radius 2 is 1.41 bits per heavy atom. The second kappa shape index (κ2) is 10.9. The number of nitrogens with one attached hydrogen (secondary N) is 1. The number of nitrogens with zero attached hydrogens (tertiary/aromatic N) is 1. The second-order valence-electron chi connectivity index (χ2n) is 6.44. The molecule has 2 nitrogen and oxygen atoms in total. The lowest BCUT2D eigenvalue weighted by Crippen LogP contribution is -2.45. The molecule has 2 aromatic carbocycles. The highest BCUT2D eigenvalue weighted by atomic mass is 35.5. The van der Waals surface area contributed by atoms with Crippen LogP contribution in [0.5, 0.6) is 0 Å². The van der Waals surface area contributed by atoms with Gasteiger partial charge in [0.05, 0.1) is 0 Å². The third-order valence-corrected chi connectivity index (χ3v) is 4.70. The fraction of sp³-hybridized carbons (Fsp3) is 0.400. The number of alkyl halides is 3. The smallest absolute Gasteiger partial charge is 0.314 e.